The Hall–Kier alpha value is -2.25. The Balaban J connectivity index is 1.60. The highest BCUT2D eigenvalue weighted by atomic mass is 16.5. The van der Waals surface area contributed by atoms with E-state index in [-0.39, 0.29) is 5.91 Å². The van der Waals surface area contributed by atoms with Crippen molar-refractivity contribution in [3.8, 4) is 11.5 Å². The minimum absolute atomic E-state index is 0.0721. The van der Waals surface area contributed by atoms with Gasteiger partial charge in [0, 0.05) is 36.8 Å². The van der Waals surface area contributed by atoms with Gasteiger partial charge in [-0.1, -0.05) is 19.0 Å². The minimum Gasteiger partial charge on any atom is -0.379 e. The summed E-state index contributed by atoms with van der Waals surface area (Å²) in [6, 6.07) is 7.52. The second-order valence-corrected chi connectivity index (χ2v) is 6.89. The Morgan fingerprint density at radius 1 is 1.23 bits per heavy atom. The summed E-state index contributed by atoms with van der Waals surface area (Å²) in [7, 11) is 0. The number of carbonyl (C=O) groups is 1. The normalized spacial score (nSPS) is 16.6. The van der Waals surface area contributed by atoms with Crippen LogP contribution >= 0.6 is 0 Å². The zero-order valence-corrected chi connectivity index (χ0v) is 15.6. The standard InChI is InChI=1S/C19H26N4O3/c1-13(2)17(23-8-10-25-11-9-23)12-20-18(24)15-4-6-16(7-5-15)19-21-14(3)22-26-19/h4-7,13,17H,8-12H2,1-3H3,(H,20,24). The molecule has 1 N–H and O–H groups in total. The van der Waals surface area contributed by atoms with Gasteiger partial charge in [0.15, 0.2) is 5.82 Å². The molecule has 7 nitrogen and oxygen atoms in total. The zero-order chi connectivity index (χ0) is 18.5. The molecule has 1 fully saturated rings. The Labute approximate surface area is 153 Å². The number of nitrogens with zero attached hydrogens (tertiary/aromatic N) is 3. The van der Waals surface area contributed by atoms with E-state index < -0.39 is 0 Å². The quantitative estimate of drug-likeness (QED) is 0.852. The summed E-state index contributed by atoms with van der Waals surface area (Å²) in [5.41, 5.74) is 1.42. The van der Waals surface area contributed by atoms with Crippen LogP contribution in [0.25, 0.3) is 11.5 Å². The predicted octanol–water partition coefficient (Wildman–Crippen LogP) is 2.13. The van der Waals surface area contributed by atoms with Crippen LogP contribution in [0.2, 0.25) is 0 Å². The number of ether oxygens (including phenoxy) is 1. The maximum Gasteiger partial charge on any atom is 0.257 e. The molecule has 0 spiro atoms. The van der Waals surface area contributed by atoms with Crippen LogP contribution in [-0.4, -0.2) is 59.8 Å². The fourth-order valence-corrected chi connectivity index (χ4v) is 3.17. The first-order chi connectivity index (χ1) is 12.5. The summed E-state index contributed by atoms with van der Waals surface area (Å²) in [6.45, 7) is 10.1. The highest BCUT2D eigenvalue weighted by molar-refractivity contribution is 5.94. The minimum atomic E-state index is -0.0721. The van der Waals surface area contributed by atoms with Gasteiger partial charge < -0.3 is 14.6 Å². The van der Waals surface area contributed by atoms with E-state index in [9.17, 15) is 4.79 Å². The highest BCUT2D eigenvalue weighted by Gasteiger charge is 2.24. The van der Waals surface area contributed by atoms with Crippen molar-refractivity contribution in [2.75, 3.05) is 32.8 Å². The van der Waals surface area contributed by atoms with Gasteiger partial charge in [-0.15, -0.1) is 0 Å². The Kier molecular flexibility index (Phi) is 6.00. The van der Waals surface area contributed by atoms with Crippen LogP contribution in [0.5, 0.6) is 0 Å². The Morgan fingerprint density at radius 3 is 2.50 bits per heavy atom. The van der Waals surface area contributed by atoms with Gasteiger partial charge in [0.2, 0.25) is 0 Å². The molecule has 1 aliphatic heterocycles. The number of aryl methyl sites for hydroxylation is 1. The van der Waals surface area contributed by atoms with Crippen LogP contribution in [0.4, 0.5) is 0 Å². The first kappa shape index (κ1) is 18.5. The van der Waals surface area contributed by atoms with E-state index in [4.69, 9.17) is 9.26 Å². The Bertz CT molecular complexity index is 721. The van der Waals surface area contributed by atoms with Crippen molar-refractivity contribution in [2.24, 2.45) is 5.92 Å². The van der Waals surface area contributed by atoms with Crippen LogP contribution < -0.4 is 5.32 Å². The molecule has 26 heavy (non-hydrogen) atoms. The largest absolute Gasteiger partial charge is 0.379 e. The molecule has 140 valence electrons. The summed E-state index contributed by atoms with van der Waals surface area (Å²) in [6.07, 6.45) is 0. The number of aromatic nitrogens is 2. The number of benzene rings is 1. The average molecular weight is 358 g/mol. The van der Waals surface area contributed by atoms with E-state index in [0.717, 1.165) is 31.9 Å². The smallest absolute Gasteiger partial charge is 0.257 e. The SMILES string of the molecule is Cc1noc(-c2ccc(C(=O)NCC(C(C)C)N3CCOCC3)cc2)n1. The summed E-state index contributed by atoms with van der Waals surface area (Å²) in [4.78, 5) is 19.1. The molecular weight excluding hydrogens is 332 g/mol. The molecule has 0 bridgehead atoms. The molecule has 0 aliphatic carbocycles. The highest BCUT2D eigenvalue weighted by Crippen LogP contribution is 2.18. The van der Waals surface area contributed by atoms with E-state index in [2.05, 4.69) is 34.2 Å². The van der Waals surface area contributed by atoms with Gasteiger partial charge in [0.1, 0.15) is 0 Å². The van der Waals surface area contributed by atoms with Gasteiger partial charge in [0.05, 0.1) is 13.2 Å². The van der Waals surface area contributed by atoms with Gasteiger partial charge in [-0.25, -0.2) is 0 Å². The molecule has 1 saturated heterocycles. The van der Waals surface area contributed by atoms with Crippen molar-refractivity contribution >= 4 is 5.91 Å². The van der Waals surface area contributed by atoms with Crippen LogP contribution in [0.15, 0.2) is 28.8 Å². The van der Waals surface area contributed by atoms with Crippen molar-refractivity contribution < 1.29 is 14.1 Å². The molecule has 0 radical (unpaired) electrons. The molecule has 1 atom stereocenters. The van der Waals surface area contributed by atoms with E-state index in [1.807, 2.05) is 12.1 Å². The number of nitrogens with one attached hydrogen (secondary N) is 1. The fraction of sp³-hybridized carbons (Fsp3) is 0.526. The molecule has 7 heteroatoms. The maximum absolute atomic E-state index is 12.5. The summed E-state index contributed by atoms with van der Waals surface area (Å²) in [5.74, 6) is 1.43. The molecule has 2 aromatic rings. The van der Waals surface area contributed by atoms with Crippen molar-refractivity contribution in [3.05, 3.63) is 35.7 Å². The second-order valence-electron chi connectivity index (χ2n) is 6.89. The lowest BCUT2D eigenvalue weighted by molar-refractivity contribution is 0.00673. The molecule has 1 amide bonds. The third kappa shape index (κ3) is 4.47. The van der Waals surface area contributed by atoms with Crippen molar-refractivity contribution in [1.29, 1.82) is 0 Å². The number of morpholine rings is 1. The van der Waals surface area contributed by atoms with Gasteiger partial charge >= 0.3 is 0 Å². The third-order valence-corrected chi connectivity index (χ3v) is 4.68. The van der Waals surface area contributed by atoms with E-state index >= 15 is 0 Å². The summed E-state index contributed by atoms with van der Waals surface area (Å²) < 4.78 is 10.6. The van der Waals surface area contributed by atoms with Crippen LogP contribution in [0.3, 0.4) is 0 Å². The monoisotopic (exact) mass is 358 g/mol. The van der Waals surface area contributed by atoms with E-state index in [0.29, 0.717) is 35.8 Å². The number of amides is 1. The average Bonchev–Trinajstić information content (AvgIpc) is 3.09. The molecule has 1 aromatic heterocycles. The first-order valence-corrected chi connectivity index (χ1v) is 9.05. The number of hydrogen-bond donors (Lipinski definition) is 1. The Morgan fingerprint density at radius 2 is 1.92 bits per heavy atom. The van der Waals surface area contributed by atoms with Gasteiger partial charge in [-0.3, -0.25) is 9.69 Å². The number of carbonyl (C=O) groups excluding carboxylic acids is 1. The molecule has 0 saturated carbocycles. The fourth-order valence-electron chi connectivity index (χ4n) is 3.17. The van der Waals surface area contributed by atoms with Crippen molar-refractivity contribution in [2.45, 2.75) is 26.8 Å². The molecule has 1 unspecified atom stereocenters. The van der Waals surface area contributed by atoms with Crippen molar-refractivity contribution in [1.82, 2.24) is 20.4 Å². The van der Waals surface area contributed by atoms with Crippen LogP contribution in [0, 0.1) is 12.8 Å². The summed E-state index contributed by atoms with van der Waals surface area (Å²) >= 11 is 0. The third-order valence-electron chi connectivity index (χ3n) is 4.68. The topological polar surface area (TPSA) is 80.5 Å². The lowest BCUT2D eigenvalue weighted by atomic mass is 10.0. The maximum atomic E-state index is 12.5. The summed E-state index contributed by atoms with van der Waals surface area (Å²) in [5, 5.41) is 6.85. The van der Waals surface area contributed by atoms with Gasteiger partial charge in [-0.2, -0.15) is 4.98 Å². The molecule has 2 heterocycles. The zero-order valence-electron chi connectivity index (χ0n) is 15.6. The molecular formula is C19H26N4O3. The predicted molar refractivity (Wildman–Crippen MR) is 97.8 cm³/mol. The molecule has 3 rings (SSSR count). The lowest BCUT2D eigenvalue weighted by Gasteiger charge is -2.36. The number of hydrogen-bond acceptors (Lipinski definition) is 6. The molecule has 1 aliphatic rings. The second kappa shape index (κ2) is 8.42. The molecule has 1 aromatic carbocycles. The number of rotatable bonds is 6. The van der Waals surface area contributed by atoms with E-state index in [1.54, 1.807) is 19.1 Å². The van der Waals surface area contributed by atoms with Crippen LogP contribution in [0.1, 0.15) is 30.0 Å². The van der Waals surface area contributed by atoms with Gasteiger partial charge in [-0.05, 0) is 37.1 Å². The van der Waals surface area contributed by atoms with Crippen LogP contribution in [-0.2, 0) is 4.74 Å². The van der Waals surface area contributed by atoms with Gasteiger partial charge in [0.25, 0.3) is 11.8 Å². The van der Waals surface area contributed by atoms with E-state index in [1.165, 1.54) is 0 Å². The first-order valence-electron chi connectivity index (χ1n) is 9.05. The van der Waals surface area contributed by atoms with Crippen molar-refractivity contribution in [3.63, 3.8) is 0 Å². The lowest BCUT2D eigenvalue weighted by Crippen LogP contribution is -2.51.